The first-order chi connectivity index (χ1) is 11.2. The molecule has 0 spiro atoms. The van der Waals surface area contributed by atoms with Crippen molar-refractivity contribution in [1.29, 1.82) is 0 Å². The number of hydrogen-bond acceptors (Lipinski definition) is 4. The van der Waals surface area contributed by atoms with E-state index in [2.05, 4.69) is 10.5 Å². The number of fused-ring (bicyclic) bond motifs is 1. The zero-order chi connectivity index (χ0) is 15.8. The van der Waals surface area contributed by atoms with Crippen molar-refractivity contribution in [2.75, 3.05) is 11.9 Å². The molecule has 1 aliphatic heterocycles. The van der Waals surface area contributed by atoms with Gasteiger partial charge in [-0.2, -0.15) is 0 Å². The van der Waals surface area contributed by atoms with Crippen LogP contribution in [0.15, 0.2) is 28.8 Å². The molecule has 1 aromatic heterocycles. The summed E-state index contributed by atoms with van der Waals surface area (Å²) in [4.78, 5) is 14.3. The SMILES string of the molecule is O=C(C1CCC1)N1CCc2onc(Nc3cccc(F)c3)c2C1. The lowest BCUT2D eigenvalue weighted by Gasteiger charge is -2.33. The number of halogens is 1. The fourth-order valence-electron chi connectivity index (χ4n) is 3.11. The van der Waals surface area contributed by atoms with E-state index in [1.807, 2.05) is 4.90 Å². The van der Waals surface area contributed by atoms with Gasteiger partial charge in [0.05, 0.1) is 12.1 Å². The third-order valence-electron chi connectivity index (χ3n) is 4.68. The normalized spacial score (nSPS) is 17.5. The zero-order valence-corrected chi connectivity index (χ0v) is 12.7. The quantitative estimate of drug-likeness (QED) is 0.944. The van der Waals surface area contributed by atoms with E-state index in [0.29, 0.717) is 31.0 Å². The highest BCUT2D eigenvalue weighted by Crippen LogP contribution is 2.33. The Morgan fingerprint density at radius 1 is 1.39 bits per heavy atom. The number of carbonyl (C=O) groups is 1. The largest absolute Gasteiger partial charge is 0.359 e. The van der Waals surface area contributed by atoms with Crippen molar-refractivity contribution in [2.45, 2.75) is 32.2 Å². The summed E-state index contributed by atoms with van der Waals surface area (Å²) < 4.78 is 18.7. The third kappa shape index (κ3) is 2.69. The van der Waals surface area contributed by atoms with Crippen molar-refractivity contribution in [1.82, 2.24) is 10.1 Å². The van der Waals surface area contributed by atoms with Gasteiger partial charge in [0, 0.05) is 24.6 Å². The van der Waals surface area contributed by atoms with Crippen molar-refractivity contribution in [3.63, 3.8) is 0 Å². The van der Waals surface area contributed by atoms with Gasteiger partial charge in [0.15, 0.2) is 5.82 Å². The van der Waals surface area contributed by atoms with Gasteiger partial charge < -0.3 is 14.7 Å². The molecule has 1 aromatic carbocycles. The Labute approximate surface area is 133 Å². The Hall–Kier alpha value is -2.37. The summed E-state index contributed by atoms with van der Waals surface area (Å²) in [6, 6.07) is 6.20. The predicted molar refractivity (Wildman–Crippen MR) is 82.6 cm³/mol. The van der Waals surface area contributed by atoms with Crippen LogP contribution in [0.1, 0.15) is 30.6 Å². The number of nitrogens with one attached hydrogen (secondary N) is 1. The van der Waals surface area contributed by atoms with Crippen molar-refractivity contribution in [2.24, 2.45) is 5.92 Å². The zero-order valence-electron chi connectivity index (χ0n) is 12.7. The fraction of sp³-hybridized carbons (Fsp3) is 0.412. The van der Waals surface area contributed by atoms with Gasteiger partial charge in [0.2, 0.25) is 5.91 Å². The van der Waals surface area contributed by atoms with Crippen LogP contribution in [0.2, 0.25) is 0 Å². The van der Waals surface area contributed by atoms with Gasteiger partial charge >= 0.3 is 0 Å². The molecule has 1 fully saturated rings. The van der Waals surface area contributed by atoms with Gasteiger partial charge in [0.25, 0.3) is 0 Å². The lowest BCUT2D eigenvalue weighted by Crippen LogP contribution is -2.41. The highest BCUT2D eigenvalue weighted by atomic mass is 19.1. The maximum absolute atomic E-state index is 13.3. The second-order valence-electron chi connectivity index (χ2n) is 6.21. The second kappa shape index (κ2) is 5.68. The van der Waals surface area contributed by atoms with Crippen LogP contribution in [0.3, 0.4) is 0 Å². The first kappa shape index (κ1) is 14.2. The monoisotopic (exact) mass is 315 g/mol. The Bertz CT molecular complexity index is 739. The summed E-state index contributed by atoms with van der Waals surface area (Å²) in [6.45, 7) is 1.18. The Balaban J connectivity index is 1.53. The molecule has 0 radical (unpaired) electrons. The standard InChI is InChI=1S/C17H18FN3O2/c18-12-5-2-6-13(9-12)19-16-14-10-21(8-7-15(14)23-20-16)17(22)11-3-1-4-11/h2,5-6,9,11H,1,3-4,7-8,10H2,(H,19,20). The molecule has 2 aliphatic rings. The van der Waals surface area contributed by atoms with Crippen LogP contribution in [-0.4, -0.2) is 22.5 Å². The van der Waals surface area contributed by atoms with Crippen molar-refractivity contribution in [3.05, 3.63) is 41.4 Å². The number of amides is 1. The molecule has 0 unspecified atom stereocenters. The lowest BCUT2D eigenvalue weighted by molar-refractivity contribution is -0.139. The number of carbonyl (C=O) groups excluding carboxylic acids is 1. The molecule has 0 atom stereocenters. The fourth-order valence-corrected chi connectivity index (χ4v) is 3.11. The van der Waals surface area contributed by atoms with Crippen LogP contribution in [0, 0.1) is 11.7 Å². The molecule has 2 heterocycles. The minimum atomic E-state index is -0.311. The minimum absolute atomic E-state index is 0.191. The van der Waals surface area contributed by atoms with E-state index < -0.39 is 0 Å². The second-order valence-corrected chi connectivity index (χ2v) is 6.21. The maximum atomic E-state index is 13.3. The summed E-state index contributed by atoms with van der Waals surface area (Å²) in [7, 11) is 0. The van der Waals surface area contributed by atoms with Crippen LogP contribution in [-0.2, 0) is 17.8 Å². The van der Waals surface area contributed by atoms with Crippen LogP contribution in [0.4, 0.5) is 15.9 Å². The molecule has 2 aromatic rings. The Kier molecular flexibility index (Phi) is 3.52. The summed E-state index contributed by atoms with van der Waals surface area (Å²) in [5, 5.41) is 7.14. The molecule has 4 rings (SSSR count). The topological polar surface area (TPSA) is 58.4 Å². The van der Waals surface area contributed by atoms with Gasteiger partial charge in [0.1, 0.15) is 11.6 Å². The van der Waals surface area contributed by atoms with E-state index in [-0.39, 0.29) is 17.6 Å². The lowest BCUT2D eigenvalue weighted by atomic mass is 9.84. The van der Waals surface area contributed by atoms with Crippen LogP contribution in [0.25, 0.3) is 0 Å². The number of anilines is 2. The van der Waals surface area contributed by atoms with E-state index in [1.54, 1.807) is 12.1 Å². The molecule has 120 valence electrons. The summed E-state index contributed by atoms with van der Waals surface area (Å²) >= 11 is 0. The highest BCUT2D eigenvalue weighted by molar-refractivity contribution is 5.80. The third-order valence-corrected chi connectivity index (χ3v) is 4.68. The van der Waals surface area contributed by atoms with E-state index in [4.69, 9.17) is 4.52 Å². The summed E-state index contributed by atoms with van der Waals surface area (Å²) in [5.41, 5.74) is 1.51. The summed E-state index contributed by atoms with van der Waals surface area (Å²) in [5.74, 6) is 1.49. The molecular formula is C17H18FN3O2. The first-order valence-corrected chi connectivity index (χ1v) is 7.99. The van der Waals surface area contributed by atoms with E-state index in [0.717, 1.165) is 30.6 Å². The molecule has 0 saturated heterocycles. The van der Waals surface area contributed by atoms with Crippen LogP contribution < -0.4 is 5.32 Å². The first-order valence-electron chi connectivity index (χ1n) is 7.99. The molecule has 6 heteroatoms. The van der Waals surface area contributed by atoms with Crippen molar-refractivity contribution >= 4 is 17.4 Å². The Morgan fingerprint density at radius 2 is 2.26 bits per heavy atom. The molecular weight excluding hydrogens is 297 g/mol. The predicted octanol–water partition coefficient (Wildman–Crippen LogP) is 3.24. The number of aromatic nitrogens is 1. The van der Waals surface area contributed by atoms with E-state index >= 15 is 0 Å². The van der Waals surface area contributed by atoms with E-state index in [9.17, 15) is 9.18 Å². The smallest absolute Gasteiger partial charge is 0.225 e. The number of rotatable bonds is 3. The Morgan fingerprint density at radius 3 is 3.00 bits per heavy atom. The number of benzene rings is 1. The number of nitrogens with zero attached hydrogens (tertiary/aromatic N) is 2. The average Bonchev–Trinajstić information content (AvgIpc) is 2.88. The average molecular weight is 315 g/mol. The van der Waals surface area contributed by atoms with Crippen LogP contribution >= 0.6 is 0 Å². The van der Waals surface area contributed by atoms with Crippen molar-refractivity contribution in [3.8, 4) is 0 Å². The van der Waals surface area contributed by atoms with Crippen molar-refractivity contribution < 1.29 is 13.7 Å². The maximum Gasteiger partial charge on any atom is 0.225 e. The van der Waals surface area contributed by atoms with Gasteiger partial charge in [-0.15, -0.1) is 0 Å². The molecule has 5 nitrogen and oxygen atoms in total. The molecule has 23 heavy (non-hydrogen) atoms. The van der Waals surface area contributed by atoms with E-state index in [1.165, 1.54) is 12.1 Å². The van der Waals surface area contributed by atoms with Crippen LogP contribution in [0.5, 0.6) is 0 Å². The molecule has 0 bridgehead atoms. The van der Waals surface area contributed by atoms with Gasteiger partial charge in [-0.25, -0.2) is 4.39 Å². The molecule has 1 amide bonds. The molecule has 1 aliphatic carbocycles. The van der Waals surface area contributed by atoms with Gasteiger partial charge in [-0.05, 0) is 31.0 Å². The van der Waals surface area contributed by atoms with Gasteiger partial charge in [-0.3, -0.25) is 4.79 Å². The molecule has 1 N–H and O–H groups in total. The number of hydrogen-bond donors (Lipinski definition) is 1. The summed E-state index contributed by atoms with van der Waals surface area (Å²) in [6.07, 6.45) is 3.82. The highest BCUT2D eigenvalue weighted by Gasteiger charge is 2.33. The molecule has 1 saturated carbocycles. The minimum Gasteiger partial charge on any atom is -0.359 e. The van der Waals surface area contributed by atoms with Gasteiger partial charge in [-0.1, -0.05) is 17.6 Å².